The number of ether oxygens (including phenoxy) is 2. The summed E-state index contributed by atoms with van der Waals surface area (Å²) in [5, 5.41) is 9.50. The summed E-state index contributed by atoms with van der Waals surface area (Å²) in [6.07, 6.45) is 1.59. The normalized spacial score (nSPS) is 15.0. The molecule has 12 heteroatoms. The molecule has 1 N–H and O–H groups in total. The lowest BCUT2D eigenvalue weighted by molar-refractivity contribution is -0.139. The largest absolute Gasteiger partial charge is 0.496 e. The van der Waals surface area contributed by atoms with Gasteiger partial charge in [-0.3, -0.25) is 9.36 Å². The number of esters is 1. The molecule has 0 spiro atoms. The highest BCUT2D eigenvalue weighted by Crippen LogP contribution is 2.35. The summed E-state index contributed by atoms with van der Waals surface area (Å²) in [7, 11) is 1.55. The lowest BCUT2D eigenvalue weighted by Gasteiger charge is -2.25. The molecule has 9 nitrogen and oxygen atoms in total. The van der Waals surface area contributed by atoms with Gasteiger partial charge in [-0.25, -0.2) is 14.6 Å². The molecular formula is C29H22BrClN2O7S. The van der Waals surface area contributed by atoms with Crippen LogP contribution in [0.1, 0.15) is 41.6 Å². The molecule has 1 aliphatic heterocycles. The standard InChI is InChI=1S/C29H22BrClN2O7S/c1-4-39-28(37)24-14(2)32-29-33(25(24)16-6-9-22(38-3)19(30)12-16)26(34)23(41-29)13-17-7-10-21(40-17)15-5-8-20(31)18(11-15)27(35)36/h5-13,25H,4H2,1-3H3,(H,35,36)/b23-13+/t25-/m1/s1. The number of carbonyl (C=O) groups is 2. The van der Waals surface area contributed by atoms with Crippen LogP contribution in [0.2, 0.25) is 5.02 Å². The number of furan rings is 1. The van der Waals surface area contributed by atoms with Gasteiger partial charge in [0.15, 0.2) is 4.80 Å². The summed E-state index contributed by atoms with van der Waals surface area (Å²) >= 11 is 10.7. The molecule has 0 unspecified atom stereocenters. The fourth-order valence-electron chi connectivity index (χ4n) is 4.52. The average molecular weight is 658 g/mol. The molecule has 0 amide bonds. The number of aromatic nitrogens is 1. The number of carbonyl (C=O) groups excluding carboxylic acids is 1. The SMILES string of the molecule is CCOC(=O)C1=C(C)N=c2s/c(=C/c3ccc(-c4ccc(Cl)c(C(=O)O)c4)o3)c(=O)n2[C@@H]1c1ccc(OC)c(Br)c1. The minimum absolute atomic E-state index is 0.0478. The van der Waals surface area contributed by atoms with Crippen LogP contribution in [-0.4, -0.2) is 35.3 Å². The number of thiazole rings is 1. The lowest BCUT2D eigenvalue weighted by atomic mass is 9.96. The number of nitrogens with zero attached hydrogens (tertiary/aromatic N) is 2. The van der Waals surface area contributed by atoms with Crippen molar-refractivity contribution in [2.24, 2.45) is 4.99 Å². The monoisotopic (exact) mass is 656 g/mol. The smallest absolute Gasteiger partial charge is 0.338 e. The second kappa shape index (κ2) is 11.5. The molecule has 2 aromatic carbocycles. The fourth-order valence-corrected chi connectivity index (χ4v) is 6.30. The number of hydrogen-bond acceptors (Lipinski definition) is 8. The molecule has 2 aromatic heterocycles. The number of halogens is 2. The molecule has 3 heterocycles. The van der Waals surface area contributed by atoms with Crippen molar-refractivity contribution in [3.8, 4) is 17.1 Å². The second-order valence-electron chi connectivity index (χ2n) is 8.90. The van der Waals surface area contributed by atoms with E-state index in [-0.39, 0.29) is 28.3 Å². The zero-order chi connectivity index (χ0) is 29.4. The number of carboxylic acids is 1. The van der Waals surface area contributed by atoms with Crippen LogP contribution < -0.4 is 19.6 Å². The Morgan fingerprint density at radius 2 is 2.00 bits per heavy atom. The highest BCUT2D eigenvalue weighted by atomic mass is 79.9. The Morgan fingerprint density at radius 3 is 2.68 bits per heavy atom. The summed E-state index contributed by atoms with van der Waals surface area (Å²) in [5.74, 6) is -0.323. The summed E-state index contributed by atoms with van der Waals surface area (Å²) in [5.41, 5.74) is 1.49. The van der Waals surface area contributed by atoms with E-state index in [1.807, 2.05) is 0 Å². The molecule has 0 saturated carbocycles. The van der Waals surface area contributed by atoms with E-state index in [9.17, 15) is 19.5 Å². The lowest BCUT2D eigenvalue weighted by Crippen LogP contribution is -2.39. The van der Waals surface area contributed by atoms with Crippen molar-refractivity contribution >= 4 is 56.9 Å². The van der Waals surface area contributed by atoms with Crippen LogP contribution in [0.4, 0.5) is 0 Å². The molecule has 4 aromatic rings. The van der Waals surface area contributed by atoms with Crippen molar-refractivity contribution in [1.82, 2.24) is 4.57 Å². The van der Waals surface area contributed by atoms with E-state index >= 15 is 0 Å². The molecule has 5 rings (SSSR count). The van der Waals surface area contributed by atoms with Gasteiger partial charge < -0.3 is 19.0 Å². The number of hydrogen-bond donors (Lipinski definition) is 1. The third-order valence-corrected chi connectivity index (χ3v) is 8.32. The third kappa shape index (κ3) is 5.40. The molecule has 1 aliphatic rings. The van der Waals surface area contributed by atoms with Crippen LogP contribution >= 0.6 is 38.9 Å². The van der Waals surface area contributed by atoms with E-state index in [1.165, 1.54) is 16.7 Å². The zero-order valence-electron chi connectivity index (χ0n) is 21.9. The molecule has 0 radical (unpaired) electrons. The first kappa shape index (κ1) is 28.6. The highest BCUT2D eigenvalue weighted by molar-refractivity contribution is 9.10. The van der Waals surface area contributed by atoms with E-state index in [1.54, 1.807) is 63.4 Å². The van der Waals surface area contributed by atoms with Gasteiger partial charge in [-0.2, -0.15) is 0 Å². The number of allylic oxidation sites excluding steroid dienone is 1. The maximum atomic E-state index is 13.8. The van der Waals surface area contributed by atoms with Gasteiger partial charge in [0.1, 0.15) is 17.3 Å². The Bertz CT molecular complexity index is 1920. The first-order valence-electron chi connectivity index (χ1n) is 12.3. The first-order chi connectivity index (χ1) is 19.6. The van der Waals surface area contributed by atoms with Gasteiger partial charge in [-0.15, -0.1) is 0 Å². The van der Waals surface area contributed by atoms with Gasteiger partial charge in [0.25, 0.3) is 5.56 Å². The number of carboxylic acid groups (broad SMARTS) is 1. The van der Waals surface area contributed by atoms with Crippen LogP contribution in [0, 0.1) is 0 Å². The maximum absolute atomic E-state index is 13.8. The first-order valence-corrected chi connectivity index (χ1v) is 14.3. The molecule has 0 aliphatic carbocycles. The van der Waals surface area contributed by atoms with Crippen molar-refractivity contribution in [2.75, 3.05) is 13.7 Å². The van der Waals surface area contributed by atoms with Crippen molar-refractivity contribution in [3.63, 3.8) is 0 Å². The van der Waals surface area contributed by atoms with Crippen LogP contribution in [0.5, 0.6) is 5.75 Å². The Kier molecular flexibility index (Phi) is 8.03. The van der Waals surface area contributed by atoms with Gasteiger partial charge in [0, 0.05) is 11.6 Å². The number of methoxy groups -OCH3 is 1. The van der Waals surface area contributed by atoms with E-state index in [4.69, 9.17) is 25.5 Å². The Hall–Kier alpha value is -3.93. The molecule has 210 valence electrons. The molecule has 0 saturated heterocycles. The Morgan fingerprint density at radius 1 is 1.22 bits per heavy atom. The van der Waals surface area contributed by atoms with Gasteiger partial charge in [0.05, 0.1) is 50.6 Å². The van der Waals surface area contributed by atoms with Crippen molar-refractivity contribution in [2.45, 2.75) is 19.9 Å². The van der Waals surface area contributed by atoms with Crippen molar-refractivity contribution < 1.29 is 28.6 Å². The number of fused-ring (bicyclic) bond motifs is 1. The Labute approximate surface area is 250 Å². The van der Waals surface area contributed by atoms with Crippen molar-refractivity contribution in [3.05, 3.63) is 106 Å². The summed E-state index contributed by atoms with van der Waals surface area (Å²) in [6, 6.07) is 12.5. The second-order valence-corrected chi connectivity index (χ2v) is 11.2. The third-order valence-electron chi connectivity index (χ3n) is 6.39. The predicted molar refractivity (Wildman–Crippen MR) is 157 cm³/mol. The van der Waals surface area contributed by atoms with E-state index in [0.29, 0.717) is 47.9 Å². The molecule has 1 atom stereocenters. The summed E-state index contributed by atoms with van der Waals surface area (Å²) < 4.78 is 19.1. The topological polar surface area (TPSA) is 120 Å². The average Bonchev–Trinajstić information content (AvgIpc) is 3.52. The fraction of sp³-hybridized carbons (Fsp3) is 0.172. The van der Waals surface area contributed by atoms with E-state index < -0.39 is 18.0 Å². The van der Waals surface area contributed by atoms with Gasteiger partial charge >= 0.3 is 11.9 Å². The quantitative estimate of drug-likeness (QED) is 0.272. The molecule has 0 bridgehead atoms. The van der Waals surface area contributed by atoms with Crippen LogP contribution in [0.15, 0.2) is 78.5 Å². The van der Waals surface area contributed by atoms with Gasteiger partial charge in [0.2, 0.25) is 0 Å². The highest BCUT2D eigenvalue weighted by Gasteiger charge is 2.33. The van der Waals surface area contributed by atoms with Crippen LogP contribution in [-0.2, 0) is 9.53 Å². The number of aromatic carboxylic acids is 1. The summed E-state index contributed by atoms with van der Waals surface area (Å²) in [6.45, 7) is 3.60. The zero-order valence-corrected chi connectivity index (χ0v) is 25.1. The van der Waals surface area contributed by atoms with E-state index in [2.05, 4.69) is 20.9 Å². The molecule has 41 heavy (non-hydrogen) atoms. The number of rotatable bonds is 7. The van der Waals surface area contributed by atoms with Gasteiger partial charge in [-0.1, -0.05) is 29.0 Å². The van der Waals surface area contributed by atoms with Crippen LogP contribution in [0.25, 0.3) is 17.4 Å². The predicted octanol–water partition coefficient (Wildman–Crippen LogP) is 5.18. The summed E-state index contributed by atoms with van der Waals surface area (Å²) in [4.78, 5) is 43.4. The van der Waals surface area contributed by atoms with Crippen molar-refractivity contribution in [1.29, 1.82) is 0 Å². The minimum atomic E-state index is -1.15. The molecular weight excluding hydrogens is 636 g/mol. The molecule has 0 fully saturated rings. The maximum Gasteiger partial charge on any atom is 0.338 e. The minimum Gasteiger partial charge on any atom is -0.496 e. The Balaban J connectivity index is 1.63. The van der Waals surface area contributed by atoms with Crippen LogP contribution in [0.3, 0.4) is 0 Å². The number of benzene rings is 2. The van der Waals surface area contributed by atoms with E-state index in [0.717, 1.165) is 11.3 Å². The van der Waals surface area contributed by atoms with Gasteiger partial charge in [-0.05, 0) is 77.8 Å².